The molecule has 112 valence electrons. The molecule has 1 aromatic rings. The van der Waals surface area contributed by atoms with Crippen molar-refractivity contribution < 1.29 is 4.79 Å². The number of benzene rings is 1. The van der Waals surface area contributed by atoms with Crippen LogP contribution in [0.15, 0.2) is 24.3 Å². The summed E-state index contributed by atoms with van der Waals surface area (Å²) in [6, 6.07) is 8.37. The molecule has 0 aliphatic heterocycles. The van der Waals surface area contributed by atoms with Gasteiger partial charge in [0.2, 0.25) is 5.91 Å². The van der Waals surface area contributed by atoms with Crippen molar-refractivity contribution in [3.63, 3.8) is 0 Å². The number of halogens is 1. The molecule has 1 rings (SSSR count). The highest BCUT2D eigenvalue weighted by molar-refractivity contribution is 6.30. The minimum absolute atomic E-state index is 0.0554. The van der Waals surface area contributed by atoms with Gasteiger partial charge in [0.25, 0.3) is 0 Å². The molecule has 1 aromatic carbocycles. The summed E-state index contributed by atoms with van der Waals surface area (Å²) in [6.07, 6.45) is 0.403. The maximum absolute atomic E-state index is 11.9. The monoisotopic (exact) mass is 296 g/mol. The predicted octanol–water partition coefficient (Wildman–Crippen LogP) is 3.12. The van der Waals surface area contributed by atoms with E-state index in [-0.39, 0.29) is 5.91 Å². The van der Waals surface area contributed by atoms with E-state index in [1.807, 2.05) is 24.3 Å². The number of carbonyl (C=O) groups excluding carboxylic acids is 1. The van der Waals surface area contributed by atoms with Gasteiger partial charge < -0.3 is 5.32 Å². The Labute approximate surface area is 127 Å². The minimum Gasteiger partial charge on any atom is -0.355 e. The third kappa shape index (κ3) is 5.93. The van der Waals surface area contributed by atoms with Gasteiger partial charge in [0.05, 0.1) is 6.42 Å². The summed E-state index contributed by atoms with van der Waals surface area (Å²) in [5.41, 5.74) is 0.983. The van der Waals surface area contributed by atoms with Crippen LogP contribution in [0.2, 0.25) is 5.02 Å². The predicted molar refractivity (Wildman–Crippen MR) is 85.1 cm³/mol. The summed E-state index contributed by atoms with van der Waals surface area (Å²) in [5, 5.41) is 3.67. The van der Waals surface area contributed by atoms with Gasteiger partial charge >= 0.3 is 0 Å². The third-order valence-corrected chi connectivity index (χ3v) is 3.55. The van der Waals surface area contributed by atoms with E-state index in [0.29, 0.717) is 30.1 Å². The number of nitrogens with one attached hydrogen (secondary N) is 1. The van der Waals surface area contributed by atoms with Crippen molar-refractivity contribution in [3.05, 3.63) is 34.9 Å². The maximum atomic E-state index is 11.9. The summed E-state index contributed by atoms with van der Waals surface area (Å²) < 4.78 is 0. The second-order valence-electron chi connectivity index (χ2n) is 5.58. The lowest BCUT2D eigenvalue weighted by atomic mass is 10.1. The lowest BCUT2D eigenvalue weighted by Crippen LogP contribution is -2.42. The molecular weight excluding hydrogens is 272 g/mol. The largest absolute Gasteiger partial charge is 0.355 e. The number of hydrogen-bond donors (Lipinski definition) is 1. The van der Waals surface area contributed by atoms with Crippen LogP contribution in [0.1, 0.15) is 33.3 Å². The molecule has 20 heavy (non-hydrogen) atoms. The van der Waals surface area contributed by atoms with E-state index >= 15 is 0 Å². The first-order chi connectivity index (χ1) is 9.40. The molecule has 0 radical (unpaired) electrons. The molecule has 0 spiro atoms. The first kappa shape index (κ1) is 17.0. The molecule has 0 aliphatic rings. The molecule has 4 heteroatoms. The van der Waals surface area contributed by atoms with Crippen molar-refractivity contribution in [2.45, 2.75) is 46.2 Å². The Kier molecular flexibility index (Phi) is 7.03. The van der Waals surface area contributed by atoms with Crippen LogP contribution < -0.4 is 5.32 Å². The highest BCUT2D eigenvalue weighted by Gasteiger charge is 2.13. The van der Waals surface area contributed by atoms with Crippen LogP contribution in [0.4, 0.5) is 0 Å². The molecule has 0 aromatic heterocycles. The number of nitrogens with zero attached hydrogens (tertiary/aromatic N) is 1. The fraction of sp³-hybridized carbons (Fsp3) is 0.562. The molecule has 3 nitrogen and oxygen atoms in total. The first-order valence-electron chi connectivity index (χ1n) is 7.17. The van der Waals surface area contributed by atoms with Gasteiger partial charge in [-0.1, -0.05) is 23.7 Å². The Hall–Kier alpha value is -1.06. The van der Waals surface area contributed by atoms with E-state index in [4.69, 9.17) is 11.6 Å². The van der Waals surface area contributed by atoms with Crippen LogP contribution in [-0.2, 0) is 11.2 Å². The Bertz CT molecular complexity index is 407. The second kappa shape index (κ2) is 8.28. The first-order valence-corrected chi connectivity index (χ1v) is 7.55. The standard InChI is InChI=1S/C16H25ClN2O/c1-12(2)19(13(3)4)10-9-18-16(20)11-14-5-7-15(17)8-6-14/h5-8,12-13H,9-11H2,1-4H3,(H,18,20). The molecule has 1 amide bonds. The van der Waals surface area contributed by atoms with Gasteiger partial charge in [0.1, 0.15) is 0 Å². The number of carbonyl (C=O) groups is 1. The molecule has 0 bridgehead atoms. The maximum Gasteiger partial charge on any atom is 0.224 e. The van der Waals surface area contributed by atoms with Crippen molar-refractivity contribution in [1.82, 2.24) is 10.2 Å². The molecule has 0 atom stereocenters. The van der Waals surface area contributed by atoms with Crippen molar-refractivity contribution >= 4 is 17.5 Å². The Morgan fingerprint density at radius 1 is 1.15 bits per heavy atom. The van der Waals surface area contributed by atoms with Crippen molar-refractivity contribution in [2.75, 3.05) is 13.1 Å². The number of rotatable bonds is 7. The van der Waals surface area contributed by atoms with Gasteiger partial charge in [0.15, 0.2) is 0 Å². The molecule has 0 aliphatic carbocycles. The summed E-state index contributed by atoms with van der Waals surface area (Å²) in [7, 11) is 0. The van der Waals surface area contributed by atoms with E-state index in [2.05, 4.69) is 37.9 Å². The fourth-order valence-electron chi connectivity index (χ4n) is 2.29. The van der Waals surface area contributed by atoms with Crippen LogP contribution in [0, 0.1) is 0 Å². The van der Waals surface area contributed by atoms with Gasteiger partial charge in [-0.15, -0.1) is 0 Å². The lowest BCUT2D eigenvalue weighted by molar-refractivity contribution is -0.120. The zero-order valence-electron chi connectivity index (χ0n) is 12.8. The van der Waals surface area contributed by atoms with E-state index in [1.54, 1.807) is 0 Å². The SMILES string of the molecule is CC(C)N(CCNC(=O)Cc1ccc(Cl)cc1)C(C)C. The summed E-state index contributed by atoms with van der Waals surface area (Å²) in [6.45, 7) is 10.3. The normalized spacial score (nSPS) is 11.4. The lowest BCUT2D eigenvalue weighted by Gasteiger charge is -2.30. The van der Waals surface area contributed by atoms with Gasteiger partial charge in [-0.25, -0.2) is 0 Å². The average Bonchev–Trinajstić information content (AvgIpc) is 2.36. The van der Waals surface area contributed by atoms with Crippen molar-refractivity contribution in [2.24, 2.45) is 0 Å². The van der Waals surface area contributed by atoms with Gasteiger partial charge in [0, 0.05) is 30.2 Å². The molecular formula is C16H25ClN2O. The smallest absolute Gasteiger partial charge is 0.224 e. The Morgan fingerprint density at radius 2 is 1.70 bits per heavy atom. The Balaban J connectivity index is 2.34. The van der Waals surface area contributed by atoms with Crippen LogP contribution in [0.3, 0.4) is 0 Å². The van der Waals surface area contributed by atoms with Crippen molar-refractivity contribution in [1.29, 1.82) is 0 Å². The quantitative estimate of drug-likeness (QED) is 0.838. The number of amides is 1. The van der Waals surface area contributed by atoms with E-state index in [1.165, 1.54) is 0 Å². The fourth-order valence-corrected chi connectivity index (χ4v) is 2.41. The Morgan fingerprint density at radius 3 is 2.20 bits per heavy atom. The molecule has 0 saturated carbocycles. The molecule has 1 N–H and O–H groups in total. The van der Waals surface area contributed by atoms with Crippen LogP contribution in [-0.4, -0.2) is 36.0 Å². The van der Waals surface area contributed by atoms with Gasteiger partial charge in [-0.3, -0.25) is 9.69 Å². The van der Waals surface area contributed by atoms with Gasteiger partial charge in [-0.2, -0.15) is 0 Å². The highest BCUT2D eigenvalue weighted by atomic mass is 35.5. The van der Waals surface area contributed by atoms with E-state index in [9.17, 15) is 4.79 Å². The zero-order valence-corrected chi connectivity index (χ0v) is 13.6. The third-order valence-electron chi connectivity index (χ3n) is 3.30. The van der Waals surface area contributed by atoms with Crippen molar-refractivity contribution in [3.8, 4) is 0 Å². The van der Waals surface area contributed by atoms with Crippen LogP contribution in [0.25, 0.3) is 0 Å². The summed E-state index contributed by atoms with van der Waals surface area (Å²) >= 11 is 5.82. The van der Waals surface area contributed by atoms with Crippen LogP contribution in [0.5, 0.6) is 0 Å². The molecule has 0 heterocycles. The highest BCUT2D eigenvalue weighted by Crippen LogP contribution is 2.09. The topological polar surface area (TPSA) is 32.3 Å². The second-order valence-corrected chi connectivity index (χ2v) is 6.01. The summed E-state index contributed by atoms with van der Waals surface area (Å²) in [4.78, 5) is 14.2. The molecule has 0 saturated heterocycles. The summed E-state index contributed by atoms with van der Waals surface area (Å²) in [5.74, 6) is 0.0554. The zero-order chi connectivity index (χ0) is 15.1. The minimum atomic E-state index is 0.0554. The average molecular weight is 297 g/mol. The van der Waals surface area contributed by atoms with Crippen LogP contribution >= 0.6 is 11.6 Å². The molecule has 0 fully saturated rings. The number of hydrogen-bond acceptors (Lipinski definition) is 2. The van der Waals surface area contributed by atoms with E-state index < -0.39 is 0 Å². The van der Waals surface area contributed by atoms with E-state index in [0.717, 1.165) is 12.1 Å². The van der Waals surface area contributed by atoms with Gasteiger partial charge in [-0.05, 0) is 45.4 Å². The molecule has 0 unspecified atom stereocenters.